The number of unbranched alkanes of at least 4 members (excludes halogenated alkanes) is 1. The SMILES string of the molecule is CCCCOC(=O)N(CCCSc1nc2ccccc2n1C(C(=O)O)C(C)(C)C)c1ccc(C(=O)OCC)cc1. The second-order valence-corrected chi connectivity index (χ2v) is 11.5. The van der Waals surface area contributed by atoms with Crippen LogP contribution >= 0.6 is 11.8 Å². The van der Waals surface area contributed by atoms with Crippen LogP contribution in [-0.2, 0) is 14.3 Å². The average molecular weight is 570 g/mol. The van der Waals surface area contributed by atoms with Crippen molar-refractivity contribution in [1.82, 2.24) is 9.55 Å². The molecule has 3 aromatic rings. The number of hydrogen-bond donors (Lipinski definition) is 1. The van der Waals surface area contributed by atoms with E-state index in [4.69, 9.17) is 14.5 Å². The molecule has 2 aromatic carbocycles. The average Bonchev–Trinajstić information content (AvgIpc) is 3.25. The predicted octanol–water partition coefficient (Wildman–Crippen LogP) is 6.81. The molecule has 0 aliphatic rings. The van der Waals surface area contributed by atoms with Gasteiger partial charge >= 0.3 is 18.0 Å². The summed E-state index contributed by atoms with van der Waals surface area (Å²) < 4.78 is 12.4. The highest BCUT2D eigenvalue weighted by atomic mass is 32.2. The first-order valence-corrected chi connectivity index (χ1v) is 14.6. The minimum Gasteiger partial charge on any atom is -0.480 e. The van der Waals surface area contributed by atoms with Crippen LogP contribution in [0.3, 0.4) is 0 Å². The molecule has 1 N–H and O–H groups in total. The van der Waals surface area contributed by atoms with E-state index in [9.17, 15) is 19.5 Å². The van der Waals surface area contributed by atoms with Gasteiger partial charge in [0.2, 0.25) is 0 Å². The van der Waals surface area contributed by atoms with Gasteiger partial charge in [-0.1, -0.05) is 58.0 Å². The molecule has 0 radical (unpaired) electrons. The Morgan fingerprint density at radius 1 is 1.02 bits per heavy atom. The number of ether oxygens (including phenoxy) is 2. The normalized spacial score (nSPS) is 12.2. The van der Waals surface area contributed by atoms with E-state index in [0.717, 1.165) is 23.9 Å². The van der Waals surface area contributed by atoms with Crippen molar-refractivity contribution in [1.29, 1.82) is 0 Å². The summed E-state index contributed by atoms with van der Waals surface area (Å²) in [6.45, 7) is 10.5. The lowest BCUT2D eigenvalue weighted by Crippen LogP contribution is -2.33. The topological polar surface area (TPSA) is 111 Å². The van der Waals surface area contributed by atoms with Crippen LogP contribution in [-0.4, -0.2) is 58.2 Å². The molecule has 3 rings (SSSR count). The highest BCUT2D eigenvalue weighted by Gasteiger charge is 2.35. The van der Waals surface area contributed by atoms with Gasteiger partial charge in [-0.2, -0.15) is 0 Å². The Balaban J connectivity index is 1.78. The summed E-state index contributed by atoms with van der Waals surface area (Å²) in [5.41, 5.74) is 1.99. The fourth-order valence-electron chi connectivity index (χ4n) is 4.33. The van der Waals surface area contributed by atoms with Crippen LogP contribution in [0.25, 0.3) is 11.0 Å². The number of fused-ring (bicyclic) bond motifs is 1. The molecule has 0 spiro atoms. The third-order valence-electron chi connectivity index (χ3n) is 6.27. The van der Waals surface area contributed by atoms with E-state index in [2.05, 4.69) is 0 Å². The molecule has 1 unspecified atom stereocenters. The third kappa shape index (κ3) is 7.78. The molecule has 0 aliphatic carbocycles. The summed E-state index contributed by atoms with van der Waals surface area (Å²) >= 11 is 1.47. The Morgan fingerprint density at radius 3 is 2.35 bits per heavy atom. The van der Waals surface area contributed by atoms with E-state index in [0.29, 0.717) is 41.7 Å². The van der Waals surface area contributed by atoms with Gasteiger partial charge in [-0.25, -0.2) is 19.4 Å². The van der Waals surface area contributed by atoms with Crippen molar-refractivity contribution < 1.29 is 29.0 Å². The van der Waals surface area contributed by atoms with Gasteiger partial charge < -0.3 is 19.1 Å². The maximum atomic E-state index is 13.0. The van der Waals surface area contributed by atoms with Crippen molar-refractivity contribution in [3.05, 3.63) is 54.1 Å². The fraction of sp³-hybridized carbons (Fsp3) is 0.467. The maximum absolute atomic E-state index is 13.0. The molecule has 1 amide bonds. The van der Waals surface area contributed by atoms with Gasteiger partial charge in [0, 0.05) is 18.0 Å². The molecule has 1 atom stereocenters. The van der Waals surface area contributed by atoms with Gasteiger partial charge in [0.25, 0.3) is 0 Å². The highest BCUT2D eigenvalue weighted by Crippen LogP contribution is 2.37. The largest absolute Gasteiger partial charge is 0.480 e. The minimum absolute atomic E-state index is 0.283. The lowest BCUT2D eigenvalue weighted by atomic mass is 9.86. The van der Waals surface area contributed by atoms with E-state index in [1.807, 2.05) is 56.5 Å². The number of benzene rings is 2. The van der Waals surface area contributed by atoms with Crippen LogP contribution in [0.2, 0.25) is 0 Å². The smallest absolute Gasteiger partial charge is 0.414 e. The predicted molar refractivity (Wildman–Crippen MR) is 157 cm³/mol. The first-order valence-electron chi connectivity index (χ1n) is 13.6. The summed E-state index contributed by atoms with van der Waals surface area (Å²) in [6, 6.07) is 13.4. The van der Waals surface area contributed by atoms with Gasteiger partial charge in [-0.15, -0.1) is 0 Å². The Hall–Kier alpha value is -3.53. The van der Waals surface area contributed by atoms with E-state index in [1.54, 1.807) is 36.1 Å². The van der Waals surface area contributed by atoms with Gasteiger partial charge in [0.1, 0.15) is 6.04 Å². The number of esters is 1. The summed E-state index contributed by atoms with van der Waals surface area (Å²) in [5.74, 6) is -0.732. The number of rotatable bonds is 13. The van der Waals surface area contributed by atoms with Crippen molar-refractivity contribution >= 4 is 46.5 Å². The van der Waals surface area contributed by atoms with Crippen LogP contribution in [0.1, 0.15) is 70.3 Å². The molecular formula is C30H39N3O6S. The van der Waals surface area contributed by atoms with Crippen LogP contribution in [0.15, 0.2) is 53.7 Å². The Morgan fingerprint density at radius 2 is 1.73 bits per heavy atom. The zero-order valence-corrected chi connectivity index (χ0v) is 24.7. The maximum Gasteiger partial charge on any atom is 0.414 e. The number of hydrogen-bond acceptors (Lipinski definition) is 7. The lowest BCUT2D eigenvalue weighted by Gasteiger charge is -2.29. The molecule has 1 aromatic heterocycles. The molecule has 0 saturated carbocycles. The number of carbonyl (C=O) groups is 3. The number of para-hydroxylation sites is 2. The zero-order valence-electron chi connectivity index (χ0n) is 23.9. The molecule has 9 nitrogen and oxygen atoms in total. The molecule has 216 valence electrons. The van der Waals surface area contributed by atoms with Crippen molar-refractivity contribution in [3.8, 4) is 0 Å². The van der Waals surface area contributed by atoms with Crippen LogP contribution < -0.4 is 4.90 Å². The number of carbonyl (C=O) groups excluding carboxylic acids is 2. The quantitative estimate of drug-likeness (QED) is 0.136. The molecular weight excluding hydrogens is 530 g/mol. The van der Waals surface area contributed by atoms with Crippen molar-refractivity contribution in [2.75, 3.05) is 30.4 Å². The van der Waals surface area contributed by atoms with Crippen molar-refractivity contribution in [3.63, 3.8) is 0 Å². The van der Waals surface area contributed by atoms with Gasteiger partial charge in [0.15, 0.2) is 5.16 Å². The Labute approximate surface area is 239 Å². The van der Waals surface area contributed by atoms with Gasteiger partial charge in [-0.3, -0.25) is 4.90 Å². The molecule has 1 heterocycles. The van der Waals surface area contributed by atoms with E-state index >= 15 is 0 Å². The number of thioether (sulfide) groups is 1. The molecule has 40 heavy (non-hydrogen) atoms. The van der Waals surface area contributed by atoms with Crippen LogP contribution in [0.5, 0.6) is 0 Å². The molecule has 0 fully saturated rings. The van der Waals surface area contributed by atoms with Gasteiger partial charge in [-0.05, 0) is 61.6 Å². The van der Waals surface area contributed by atoms with Gasteiger partial charge in [0.05, 0.1) is 29.8 Å². The number of carboxylic acid groups (broad SMARTS) is 1. The summed E-state index contributed by atoms with van der Waals surface area (Å²) in [7, 11) is 0. The standard InChI is InChI=1S/C30H39N3O6S/c1-6-8-19-39-29(37)32(22-16-14-21(15-17-22)27(36)38-7-2)18-11-20-40-28-31-23-12-9-10-13-24(23)33(28)25(26(34)35)30(3,4)5/h9-10,12-17,25H,6-8,11,18-20H2,1-5H3,(H,34,35). The number of nitrogens with zero attached hydrogens (tertiary/aromatic N) is 3. The number of aliphatic carboxylic acids is 1. The van der Waals surface area contributed by atoms with Crippen LogP contribution in [0.4, 0.5) is 10.5 Å². The number of imidazole rings is 1. The summed E-state index contributed by atoms with van der Waals surface area (Å²) in [5, 5.41) is 10.7. The fourth-order valence-corrected chi connectivity index (χ4v) is 5.29. The molecule has 0 aliphatic heterocycles. The number of carboxylic acids is 1. The molecule has 0 bridgehead atoms. The second kappa shape index (κ2) is 14.2. The monoisotopic (exact) mass is 569 g/mol. The van der Waals surface area contributed by atoms with E-state index < -0.39 is 29.5 Å². The van der Waals surface area contributed by atoms with Crippen molar-refractivity contribution in [2.24, 2.45) is 5.41 Å². The highest BCUT2D eigenvalue weighted by molar-refractivity contribution is 7.99. The molecule has 10 heteroatoms. The summed E-state index contributed by atoms with van der Waals surface area (Å²) in [4.78, 5) is 43.7. The number of anilines is 1. The molecule has 0 saturated heterocycles. The van der Waals surface area contributed by atoms with Crippen LogP contribution in [0, 0.1) is 5.41 Å². The second-order valence-electron chi connectivity index (χ2n) is 10.4. The number of aromatic nitrogens is 2. The Bertz CT molecular complexity index is 1300. The van der Waals surface area contributed by atoms with E-state index in [-0.39, 0.29) is 6.61 Å². The lowest BCUT2D eigenvalue weighted by molar-refractivity contribution is -0.144. The third-order valence-corrected chi connectivity index (χ3v) is 7.31. The first-order chi connectivity index (χ1) is 19.1. The minimum atomic E-state index is -0.912. The first kappa shape index (κ1) is 31.0. The number of amides is 1. The zero-order chi connectivity index (χ0) is 29.3. The van der Waals surface area contributed by atoms with E-state index in [1.165, 1.54) is 11.8 Å². The summed E-state index contributed by atoms with van der Waals surface area (Å²) in [6.07, 6.45) is 1.83. The van der Waals surface area contributed by atoms with Crippen molar-refractivity contribution in [2.45, 2.75) is 65.1 Å². The Kier molecular flexibility index (Phi) is 11.0.